The van der Waals surface area contributed by atoms with E-state index in [-0.39, 0.29) is 29.8 Å². The van der Waals surface area contributed by atoms with Gasteiger partial charge < -0.3 is 20.7 Å². The van der Waals surface area contributed by atoms with Gasteiger partial charge in [-0.05, 0) is 12.1 Å². The van der Waals surface area contributed by atoms with Crippen LogP contribution < -0.4 is 15.8 Å². The van der Waals surface area contributed by atoms with Crippen molar-refractivity contribution in [1.82, 2.24) is 4.90 Å². The van der Waals surface area contributed by atoms with Gasteiger partial charge in [-0.3, -0.25) is 4.79 Å². The second-order valence-electron chi connectivity index (χ2n) is 4.19. The lowest BCUT2D eigenvalue weighted by Gasteiger charge is -2.11. The number of amides is 1. The number of nitrogens with two attached hydrogens (primary N) is 1. The number of ether oxygens (including phenoxy) is 1. The first-order valence-electron chi connectivity index (χ1n) is 5.80. The van der Waals surface area contributed by atoms with E-state index in [4.69, 9.17) is 5.73 Å². The standard InChI is InChI=1S/C12H15F3N4O2/c1-19(2)10(20)7-17-11(16)18-8-4-3-5-9(6-8)21-12(13,14)15/h3-6H,7H2,1-2H3,(H3,16,17,18). The highest BCUT2D eigenvalue weighted by Crippen LogP contribution is 2.24. The molecule has 0 radical (unpaired) electrons. The van der Waals surface area contributed by atoms with Crippen LogP contribution in [0.5, 0.6) is 5.75 Å². The van der Waals surface area contributed by atoms with Gasteiger partial charge in [-0.2, -0.15) is 0 Å². The third-order valence-corrected chi connectivity index (χ3v) is 2.22. The molecule has 9 heteroatoms. The van der Waals surface area contributed by atoms with Crippen molar-refractivity contribution >= 4 is 17.6 Å². The number of likely N-dealkylation sites (N-methyl/N-ethyl adjacent to an activating group) is 1. The molecule has 6 nitrogen and oxygen atoms in total. The Hall–Kier alpha value is -2.45. The highest BCUT2D eigenvalue weighted by atomic mass is 19.4. The number of alkyl halides is 3. The van der Waals surface area contributed by atoms with Crippen LogP contribution in [0.25, 0.3) is 0 Å². The number of hydrogen-bond acceptors (Lipinski definition) is 3. The Labute approximate surface area is 119 Å². The molecule has 1 aromatic rings. The molecule has 0 bridgehead atoms. The summed E-state index contributed by atoms with van der Waals surface area (Å²) in [5, 5.41) is 2.57. The van der Waals surface area contributed by atoms with Crippen LogP contribution in [0.3, 0.4) is 0 Å². The molecule has 116 valence electrons. The number of halogens is 3. The van der Waals surface area contributed by atoms with E-state index in [1.54, 1.807) is 14.1 Å². The van der Waals surface area contributed by atoms with Crippen LogP contribution in [0.2, 0.25) is 0 Å². The number of nitrogens with one attached hydrogen (secondary N) is 1. The molecule has 0 atom stereocenters. The summed E-state index contributed by atoms with van der Waals surface area (Å²) in [6.07, 6.45) is -4.77. The molecule has 0 saturated carbocycles. The van der Waals surface area contributed by atoms with Gasteiger partial charge in [0.15, 0.2) is 5.96 Å². The first-order valence-corrected chi connectivity index (χ1v) is 5.80. The van der Waals surface area contributed by atoms with E-state index < -0.39 is 6.36 Å². The fourth-order valence-electron chi connectivity index (χ4n) is 1.25. The summed E-state index contributed by atoms with van der Waals surface area (Å²) in [5.74, 6) is -0.729. The first-order chi connectivity index (χ1) is 9.67. The molecule has 0 aliphatic heterocycles. The number of carbonyl (C=O) groups excluding carboxylic acids is 1. The minimum Gasteiger partial charge on any atom is -0.406 e. The van der Waals surface area contributed by atoms with E-state index in [9.17, 15) is 18.0 Å². The molecule has 1 amide bonds. The third kappa shape index (κ3) is 6.50. The number of benzene rings is 1. The average molecular weight is 304 g/mol. The maximum Gasteiger partial charge on any atom is 0.573 e. The predicted molar refractivity (Wildman–Crippen MR) is 71.9 cm³/mol. The minimum absolute atomic E-state index is 0.0886. The molecule has 0 aromatic heterocycles. The number of carbonyl (C=O) groups is 1. The predicted octanol–water partition coefficient (Wildman–Crippen LogP) is 1.40. The van der Waals surface area contributed by atoms with Crippen molar-refractivity contribution in [2.45, 2.75) is 6.36 Å². The summed E-state index contributed by atoms with van der Waals surface area (Å²) in [6.45, 7) is -0.162. The molecule has 0 fully saturated rings. The number of rotatable bonds is 4. The van der Waals surface area contributed by atoms with Gasteiger partial charge in [0.05, 0.1) is 0 Å². The lowest BCUT2D eigenvalue weighted by molar-refractivity contribution is -0.274. The Morgan fingerprint density at radius 3 is 2.67 bits per heavy atom. The number of nitrogens with zero attached hydrogens (tertiary/aromatic N) is 2. The molecular formula is C12H15F3N4O2. The van der Waals surface area contributed by atoms with Gasteiger partial charge in [0.2, 0.25) is 5.91 Å². The van der Waals surface area contributed by atoms with Crippen LogP contribution >= 0.6 is 0 Å². The van der Waals surface area contributed by atoms with Crippen molar-refractivity contribution in [3.05, 3.63) is 24.3 Å². The summed E-state index contributed by atoms with van der Waals surface area (Å²) in [5.41, 5.74) is 5.80. The van der Waals surface area contributed by atoms with E-state index in [2.05, 4.69) is 15.0 Å². The molecule has 3 N–H and O–H groups in total. The van der Waals surface area contributed by atoms with Crippen molar-refractivity contribution in [2.75, 3.05) is 26.0 Å². The monoisotopic (exact) mass is 304 g/mol. The summed E-state index contributed by atoms with van der Waals surface area (Å²) in [4.78, 5) is 16.4. The van der Waals surface area contributed by atoms with E-state index >= 15 is 0 Å². The number of anilines is 1. The van der Waals surface area contributed by atoms with Gasteiger partial charge >= 0.3 is 6.36 Å². The zero-order valence-corrected chi connectivity index (χ0v) is 11.4. The Balaban J connectivity index is 2.68. The van der Waals surface area contributed by atoms with Crippen LogP contribution in [0, 0.1) is 0 Å². The SMILES string of the molecule is CN(C)C(=O)CN=C(N)Nc1cccc(OC(F)(F)F)c1. The van der Waals surface area contributed by atoms with Gasteiger partial charge in [-0.25, -0.2) is 4.99 Å². The van der Waals surface area contributed by atoms with Crippen LogP contribution in [0.1, 0.15) is 0 Å². The maximum atomic E-state index is 12.1. The fraction of sp³-hybridized carbons (Fsp3) is 0.333. The van der Waals surface area contributed by atoms with E-state index in [0.29, 0.717) is 0 Å². The van der Waals surface area contributed by atoms with E-state index in [1.165, 1.54) is 17.0 Å². The van der Waals surface area contributed by atoms with Crippen molar-refractivity contribution in [1.29, 1.82) is 0 Å². The van der Waals surface area contributed by atoms with Crippen LogP contribution in [0.4, 0.5) is 18.9 Å². The van der Waals surface area contributed by atoms with Crippen LogP contribution in [-0.4, -0.2) is 43.8 Å². The summed E-state index contributed by atoms with van der Waals surface area (Å²) >= 11 is 0. The smallest absolute Gasteiger partial charge is 0.406 e. The molecule has 0 aliphatic rings. The van der Waals surface area contributed by atoms with E-state index in [1.807, 2.05) is 0 Å². The fourth-order valence-corrected chi connectivity index (χ4v) is 1.25. The molecule has 1 aromatic carbocycles. The lowest BCUT2D eigenvalue weighted by atomic mass is 10.3. The van der Waals surface area contributed by atoms with Gasteiger partial charge in [0, 0.05) is 25.8 Å². The normalized spacial score (nSPS) is 12.0. The zero-order valence-electron chi connectivity index (χ0n) is 11.4. The van der Waals surface area contributed by atoms with E-state index in [0.717, 1.165) is 12.1 Å². The number of aliphatic imine (C=N–C) groups is 1. The average Bonchev–Trinajstić information content (AvgIpc) is 2.34. The van der Waals surface area contributed by atoms with Crippen molar-refractivity contribution in [3.63, 3.8) is 0 Å². The second-order valence-corrected chi connectivity index (χ2v) is 4.19. The summed E-state index contributed by atoms with van der Waals surface area (Å²) in [6, 6.07) is 5.12. The van der Waals surface area contributed by atoms with Crippen molar-refractivity contribution in [2.24, 2.45) is 10.7 Å². The lowest BCUT2D eigenvalue weighted by Crippen LogP contribution is -2.28. The van der Waals surface area contributed by atoms with Gasteiger partial charge in [0.25, 0.3) is 0 Å². The highest BCUT2D eigenvalue weighted by molar-refractivity contribution is 5.94. The van der Waals surface area contributed by atoms with Crippen molar-refractivity contribution < 1.29 is 22.7 Å². The largest absolute Gasteiger partial charge is 0.573 e. The number of hydrogen-bond donors (Lipinski definition) is 2. The molecule has 0 saturated heterocycles. The van der Waals surface area contributed by atoms with Gasteiger partial charge in [-0.15, -0.1) is 13.2 Å². The molecular weight excluding hydrogens is 289 g/mol. The Kier molecular flexibility index (Phi) is 5.39. The molecule has 0 aliphatic carbocycles. The number of guanidine groups is 1. The molecule has 21 heavy (non-hydrogen) atoms. The van der Waals surface area contributed by atoms with Gasteiger partial charge in [-0.1, -0.05) is 6.07 Å². The topological polar surface area (TPSA) is 80.0 Å². The highest BCUT2D eigenvalue weighted by Gasteiger charge is 2.31. The van der Waals surface area contributed by atoms with Crippen LogP contribution in [-0.2, 0) is 4.79 Å². The Morgan fingerprint density at radius 2 is 2.10 bits per heavy atom. The first kappa shape index (κ1) is 16.6. The summed E-state index contributed by atoms with van der Waals surface area (Å²) in [7, 11) is 3.14. The molecule has 0 heterocycles. The Bertz CT molecular complexity index is 529. The maximum absolute atomic E-state index is 12.1. The molecule has 0 unspecified atom stereocenters. The quantitative estimate of drug-likeness (QED) is 0.651. The minimum atomic E-state index is -4.77. The van der Waals surface area contributed by atoms with Crippen molar-refractivity contribution in [3.8, 4) is 5.75 Å². The Morgan fingerprint density at radius 1 is 1.43 bits per heavy atom. The van der Waals surface area contributed by atoms with Crippen LogP contribution in [0.15, 0.2) is 29.3 Å². The second kappa shape index (κ2) is 6.82. The third-order valence-electron chi connectivity index (χ3n) is 2.22. The molecule has 0 spiro atoms. The molecule has 1 rings (SSSR count). The summed E-state index contributed by atoms with van der Waals surface area (Å²) < 4.78 is 40.0. The van der Waals surface area contributed by atoms with Gasteiger partial charge in [0.1, 0.15) is 12.3 Å². The zero-order chi connectivity index (χ0) is 16.0.